The number of hydrogen-bond acceptors (Lipinski definition) is 5. The van der Waals surface area contributed by atoms with Crippen molar-refractivity contribution in [1.29, 1.82) is 0 Å². The van der Waals surface area contributed by atoms with E-state index in [0.717, 1.165) is 42.5 Å². The predicted octanol–water partition coefficient (Wildman–Crippen LogP) is 4.35. The fraction of sp³-hybridized carbons (Fsp3) is 0.474. The highest BCUT2D eigenvalue weighted by atomic mass is 127. The van der Waals surface area contributed by atoms with E-state index in [1.165, 1.54) is 5.01 Å². The number of aliphatic imine (C=N–C) groups is 1. The number of halogens is 1. The van der Waals surface area contributed by atoms with E-state index in [1.807, 2.05) is 32.0 Å². The number of guanidine groups is 1. The molecule has 150 valence electrons. The molecule has 1 heterocycles. The Bertz CT molecular complexity index is 721. The quantitative estimate of drug-likeness (QED) is 0.302. The summed E-state index contributed by atoms with van der Waals surface area (Å²) in [5, 5.41) is 9.88. The molecule has 8 heteroatoms. The van der Waals surface area contributed by atoms with Crippen molar-refractivity contribution < 1.29 is 9.47 Å². The number of ether oxygens (including phenoxy) is 2. The highest BCUT2D eigenvalue weighted by Crippen LogP contribution is 2.30. The van der Waals surface area contributed by atoms with Gasteiger partial charge in [0.2, 0.25) is 0 Å². The van der Waals surface area contributed by atoms with Gasteiger partial charge in [0.05, 0.1) is 24.4 Å². The summed E-state index contributed by atoms with van der Waals surface area (Å²) in [5.41, 5.74) is 2.01. The van der Waals surface area contributed by atoms with Gasteiger partial charge >= 0.3 is 0 Å². The van der Waals surface area contributed by atoms with E-state index in [0.29, 0.717) is 18.9 Å². The van der Waals surface area contributed by atoms with Crippen LogP contribution in [0.25, 0.3) is 0 Å². The van der Waals surface area contributed by atoms with Gasteiger partial charge in [0.15, 0.2) is 17.5 Å². The van der Waals surface area contributed by atoms with E-state index in [9.17, 15) is 0 Å². The van der Waals surface area contributed by atoms with Gasteiger partial charge in [-0.1, -0.05) is 6.92 Å². The molecule has 27 heavy (non-hydrogen) atoms. The Balaban J connectivity index is 0.00000364. The lowest BCUT2D eigenvalue weighted by Gasteiger charge is -2.14. The van der Waals surface area contributed by atoms with Crippen LogP contribution in [0, 0.1) is 0 Å². The van der Waals surface area contributed by atoms with E-state index in [4.69, 9.17) is 9.47 Å². The number of hydrogen-bond donors (Lipinski definition) is 2. The SMILES string of the molecule is CCNC(=NCCc1csc(CC)n1)Nc1ccc(OC)c(OCC)c1.I. The van der Waals surface area contributed by atoms with Gasteiger partial charge < -0.3 is 20.1 Å². The second-order valence-corrected chi connectivity index (χ2v) is 6.46. The minimum atomic E-state index is 0. The third-order valence-electron chi connectivity index (χ3n) is 3.61. The van der Waals surface area contributed by atoms with E-state index >= 15 is 0 Å². The average molecular weight is 504 g/mol. The molecular formula is C19H29IN4O2S. The largest absolute Gasteiger partial charge is 0.493 e. The van der Waals surface area contributed by atoms with Gasteiger partial charge in [-0.25, -0.2) is 4.98 Å². The Morgan fingerprint density at radius 2 is 2.04 bits per heavy atom. The number of aryl methyl sites for hydroxylation is 1. The molecule has 2 aromatic rings. The van der Waals surface area contributed by atoms with Crippen molar-refractivity contribution in [2.75, 3.05) is 32.1 Å². The van der Waals surface area contributed by atoms with Crippen LogP contribution in [-0.4, -0.2) is 37.7 Å². The molecule has 1 aromatic heterocycles. The Labute approximate surface area is 182 Å². The molecule has 0 amide bonds. The Morgan fingerprint density at radius 1 is 1.22 bits per heavy atom. The molecule has 0 aliphatic heterocycles. The van der Waals surface area contributed by atoms with Crippen LogP contribution in [0.1, 0.15) is 31.5 Å². The van der Waals surface area contributed by atoms with Crippen molar-refractivity contribution in [1.82, 2.24) is 10.3 Å². The van der Waals surface area contributed by atoms with Crippen LogP contribution in [-0.2, 0) is 12.8 Å². The number of nitrogens with zero attached hydrogens (tertiary/aromatic N) is 2. The van der Waals surface area contributed by atoms with Crippen molar-refractivity contribution in [2.45, 2.75) is 33.6 Å². The summed E-state index contributed by atoms with van der Waals surface area (Å²) in [5.74, 6) is 2.17. The van der Waals surface area contributed by atoms with Crippen LogP contribution in [0.3, 0.4) is 0 Å². The van der Waals surface area contributed by atoms with Crippen LogP contribution in [0.15, 0.2) is 28.6 Å². The molecular weight excluding hydrogens is 475 g/mol. The maximum absolute atomic E-state index is 5.63. The Kier molecular flexibility index (Phi) is 11.1. The topological polar surface area (TPSA) is 67.8 Å². The van der Waals surface area contributed by atoms with Crippen molar-refractivity contribution >= 4 is 47.0 Å². The zero-order valence-corrected chi connectivity index (χ0v) is 19.5. The third kappa shape index (κ3) is 7.53. The normalized spacial score (nSPS) is 10.9. The summed E-state index contributed by atoms with van der Waals surface area (Å²) in [6.07, 6.45) is 1.82. The first-order valence-electron chi connectivity index (χ1n) is 8.99. The fourth-order valence-electron chi connectivity index (χ4n) is 2.37. The van der Waals surface area contributed by atoms with Crippen LogP contribution in [0.4, 0.5) is 5.69 Å². The van der Waals surface area contributed by atoms with E-state index < -0.39 is 0 Å². The van der Waals surface area contributed by atoms with E-state index in [2.05, 4.69) is 32.9 Å². The molecule has 0 fully saturated rings. The molecule has 1 aromatic carbocycles. The molecule has 0 saturated heterocycles. The highest BCUT2D eigenvalue weighted by molar-refractivity contribution is 14.0. The molecule has 2 N–H and O–H groups in total. The summed E-state index contributed by atoms with van der Waals surface area (Å²) >= 11 is 1.71. The van der Waals surface area contributed by atoms with Crippen molar-refractivity contribution in [2.24, 2.45) is 4.99 Å². The number of nitrogens with one attached hydrogen (secondary N) is 2. The minimum absolute atomic E-state index is 0. The van der Waals surface area contributed by atoms with Gasteiger partial charge in [0.1, 0.15) is 0 Å². The van der Waals surface area contributed by atoms with Crippen LogP contribution in [0.5, 0.6) is 11.5 Å². The lowest BCUT2D eigenvalue weighted by molar-refractivity contribution is 0.311. The maximum atomic E-state index is 5.63. The number of anilines is 1. The zero-order chi connectivity index (χ0) is 18.8. The second kappa shape index (κ2) is 12.8. The molecule has 0 aliphatic rings. The maximum Gasteiger partial charge on any atom is 0.195 e. The summed E-state index contributed by atoms with van der Waals surface area (Å²) in [4.78, 5) is 9.23. The van der Waals surface area contributed by atoms with Crippen molar-refractivity contribution in [3.63, 3.8) is 0 Å². The van der Waals surface area contributed by atoms with Crippen molar-refractivity contribution in [3.05, 3.63) is 34.3 Å². The summed E-state index contributed by atoms with van der Waals surface area (Å²) in [6.45, 7) is 8.17. The zero-order valence-electron chi connectivity index (χ0n) is 16.4. The van der Waals surface area contributed by atoms with Gasteiger partial charge in [0, 0.05) is 36.6 Å². The van der Waals surface area contributed by atoms with Gasteiger partial charge in [-0.3, -0.25) is 4.99 Å². The molecule has 0 saturated carbocycles. The predicted molar refractivity (Wildman–Crippen MR) is 124 cm³/mol. The lowest BCUT2D eigenvalue weighted by atomic mass is 10.2. The number of rotatable bonds is 9. The molecule has 0 bridgehead atoms. The number of methoxy groups -OCH3 is 1. The first-order chi connectivity index (χ1) is 12.7. The van der Waals surface area contributed by atoms with E-state index in [-0.39, 0.29) is 24.0 Å². The molecule has 0 spiro atoms. The monoisotopic (exact) mass is 504 g/mol. The van der Waals surface area contributed by atoms with Crippen molar-refractivity contribution in [3.8, 4) is 11.5 Å². The first kappa shape index (κ1) is 23.5. The highest BCUT2D eigenvalue weighted by Gasteiger charge is 2.07. The summed E-state index contributed by atoms with van der Waals surface area (Å²) in [6, 6.07) is 5.75. The average Bonchev–Trinajstić information content (AvgIpc) is 3.10. The molecule has 6 nitrogen and oxygen atoms in total. The van der Waals surface area contributed by atoms with Crippen LogP contribution in [0.2, 0.25) is 0 Å². The Morgan fingerprint density at radius 3 is 2.67 bits per heavy atom. The molecule has 0 unspecified atom stereocenters. The van der Waals surface area contributed by atoms with Gasteiger partial charge in [-0.15, -0.1) is 35.3 Å². The molecule has 0 aliphatic carbocycles. The Hall–Kier alpha value is -1.55. The first-order valence-corrected chi connectivity index (χ1v) is 9.87. The smallest absolute Gasteiger partial charge is 0.195 e. The van der Waals surface area contributed by atoms with E-state index in [1.54, 1.807) is 18.4 Å². The molecule has 0 atom stereocenters. The van der Waals surface area contributed by atoms with Crippen LogP contribution >= 0.6 is 35.3 Å². The van der Waals surface area contributed by atoms with Gasteiger partial charge in [0.25, 0.3) is 0 Å². The third-order valence-corrected chi connectivity index (χ3v) is 4.65. The summed E-state index contributed by atoms with van der Waals surface area (Å²) in [7, 11) is 1.64. The lowest BCUT2D eigenvalue weighted by Crippen LogP contribution is -2.30. The molecule has 2 rings (SSSR count). The summed E-state index contributed by atoms with van der Waals surface area (Å²) < 4.78 is 11.0. The van der Waals surface area contributed by atoms with Gasteiger partial charge in [-0.05, 0) is 32.4 Å². The number of thiazole rings is 1. The fourth-order valence-corrected chi connectivity index (χ4v) is 3.15. The number of aromatic nitrogens is 1. The minimum Gasteiger partial charge on any atom is -0.493 e. The second-order valence-electron chi connectivity index (χ2n) is 5.52. The van der Waals surface area contributed by atoms with Gasteiger partial charge in [-0.2, -0.15) is 0 Å². The number of benzene rings is 1. The standard InChI is InChI=1S/C19H28N4O2S.HI/c1-5-18-22-15(13-26-18)10-11-21-19(20-6-2)23-14-8-9-16(24-4)17(12-14)25-7-3;/h8-9,12-13H,5-7,10-11H2,1-4H3,(H2,20,21,23);1H. The molecule has 0 radical (unpaired) electrons. The van der Waals surface area contributed by atoms with Crippen LogP contribution < -0.4 is 20.1 Å².